The first-order valence-electron chi connectivity index (χ1n) is 12.8. The summed E-state index contributed by atoms with van der Waals surface area (Å²) in [6.45, 7) is 9.49. The molecule has 2 aliphatic rings. The van der Waals surface area contributed by atoms with E-state index in [2.05, 4.69) is 10.6 Å². The molecule has 2 heterocycles. The predicted molar refractivity (Wildman–Crippen MR) is 143 cm³/mol. The second-order valence-electron chi connectivity index (χ2n) is 9.45. The number of rotatable bonds is 13. The van der Waals surface area contributed by atoms with Crippen molar-refractivity contribution in [3.63, 3.8) is 0 Å². The Balaban J connectivity index is 1.34. The Morgan fingerprint density at radius 1 is 1.03 bits per heavy atom. The van der Waals surface area contributed by atoms with Gasteiger partial charge in [-0.2, -0.15) is 0 Å². The van der Waals surface area contributed by atoms with E-state index in [4.69, 9.17) is 18.9 Å². The zero-order chi connectivity index (χ0) is 27.1. The zero-order valence-corrected chi connectivity index (χ0v) is 22.0. The van der Waals surface area contributed by atoms with Crippen molar-refractivity contribution in [3.05, 3.63) is 76.8 Å². The van der Waals surface area contributed by atoms with Crippen molar-refractivity contribution in [2.75, 3.05) is 51.5 Å². The Bertz CT molecular complexity index is 1190. The van der Waals surface area contributed by atoms with E-state index >= 15 is 0 Å². The molecule has 0 fully saturated rings. The van der Waals surface area contributed by atoms with Gasteiger partial charge in [-0.1, -0.05) is 24.3 Å². The summed E-state index contributed by atoms with van der Waals surface area (Å²) >= 11 is 0. The van der Waals surface area contributed by atoms with Gasteiger partial charge in [-0.15, -0.1) is 0 Å². The molecular formula is C29H35FN2O6. The van der Waals surface area contributed by atoms with Crippen LogP contribution in [-0.4, -0.2) is 62.8 Å². The quantitative estimate of drug-likeness (QED) is 0.206. The number of benzene rings is 2. The van der Waals surface area contributed by atoms with E-state index < -0.39 is 17.6 Å². The fraction of sp³-hybridized carbons (Fsp3) is 0.414. The van der Waals surface area contributed by atoms with Crippen LogP contribution < -0.4 is 10.6 Å². The van der Waals surface area contributed by atoms with Gasteiger partial charge in [0.2, 0.25) is 0 Å². The number of carbonyl (C=O) groups excluding carboxylic acids is 1. The van der Waals surface area contributed by atoms with Crippen LogP contribution in [0.5, 0.6) is 0 Å². The number of anilines is 1. The molecule has 2 aliphatic heterocycles. The number of ether oxygens (including phenoxy) is 4. The van der Waals surface area contributed by atoms with Gasteiger partial charge in [0, 0.05) is 30.0 Å². The monoisotopic (exact) mass is 526 g/mol. The number of carbonyl (C=O) groups is 1. The summed E-state index contributed by atoms with van der Waals surface area (Å²) in [5.74, 6) is -0.342. The van der Waals surface area contributed by atoms with Crippen LogP contribution in [0.25, 0.3) is 11.1 Å². The lowest BCUT2D eigenvalue weighted by molar-refractivity contribution is -0.111. The van der Waals surface area contributed by atoms with Crippen LogP contribution in [0.2, 0.25) is 0 Å². The molecular weight excluding hydrogens is 491 g/mol. The van der Waals surface area contributed by atoms with Gasteiger partial charge in [0.15, 0.2) is 0 Å². The van der Waals surface area contributed by atoms with E-state index in [-0.39, 0.29) is 5.91 Å². The standard InChI is InChI=1S/C29H35FN2O6/c1-4-35-13-14-37-16-15-36-12-11-31-27(33)20-7-5-19(6-8-20)23-18-25(38-29(23,2)3)26-22-17-21(30)9-10-24(22)32-28(26)34/h5-10,17-18,27,31,33H,4,11-16H2,1-3H3,(H,32,34)/b26-25+. The van der Waals surface area contributed by atoms with Crippen LogP contribution in [0.15, 0.2) is 54.3 Å². The highest BCUT2D eigenvalue weighted by molar-refractivity contribution is 6.32. The number of hydrogen-bond acceptors (Lipinski definition) is 7. The second kappa shape index (κ2) is 12.6. The van der Waals surface area contributed by atoms with E-state index in [9.17, 15) is 14.3 Å². The molecule has 4 rings (SSSR count). The van der Waals surface area contributed by atoms with E-state index in [1.807, 2.05) is 51.1 Å². The lowest BCUT2D eigenvalue weighted by Crippen LogP contribution is -2.25. The fourth-order valence-electron chi connectivity index (χ4n) is 4.42. The molecule has 2 aromatic rings. The molecule has 0 spiro atoms. The lowest BCUT2D eigenvalue weighted by atomic mass is 9.91. The minimum Gasteiger partial charge on any atom is -0.482 e. The van der Waals surface area contributed by atoms with E-state index in [1.54, 1.807) is 6.07 Å². The smallest absolute Gasteiger partial charge is 0.260 e. The molecule has 0 radical (unpaired) electrons. The van der Waals surface area contributed by atoms with E-state index in [0.29, 0.717) is 74.3 Å². The Hall–Kier alpha value is -3.08. The first-order chi connectivity index (χ1) is 18.3. The first kappa shape index (κ1) is 27.9. The van der Waals surface area contributed by atoms with Crippen LogP contribution in [0.3, 0.4) is 0 Å². The van der Waals surface area contributed by atoms with Crippen LogP contribution in [0.4, 0.5) is 10.1 Å². The van der Waals surface area contributed by atoms with Gasteiger partial charge in [-0.25, -0.2) is 4.39 Å². The summed E-state index contributed by atoms with van der Waals surface area (Å²) < 4.78 is 36.2. The van der Waals surface area contributed by atoms with Gasteiger partial charge in [0.25, 0.3) is 5.91 Å². The SMILES string of the molecule is CCOCCOCCOCCNC(O)c1ccc(C2=C/C(=C3\C(=O)Nc4ccc(F)cc43)OC2(C)C)cc1. The summed E-state index contributed by atoms with van der Waals surface area (Å²) in [6.07, 6.45) is 0.986. The Labute approximate surface area is 222 Å². The van der Waals surface area contributed by atoms with Crippen molar-refractivity contribution in [2.45, 2.75) is 32.6 Å². The lowest BCUT2D eigenvalue weighted by Gasteiger charge is -2.24. The highest BCUT2D eigenvalue weighted by atomic mass is 19.1. The summed E-state index contributed by atoms with van der Waals surface area (Å²) in [5, 5.41) is 16.3. The number of halogens is 1. The van der Waals surface area contributed by atoms with Crippen LogP contribution in [-0.2, 0) is 23.7 Å². The molecule has 0 saturated carbocycles. The largest absolute Gasteiger partial charge is 0.482 e. The third-order valence-corrected chi connectivity index (χ3v) is 6.33. The molecule has 204 valence electrons. The summed E-state index contributed by atoms with van der Waals surface area (Å²) in [4.78, 5) is 12.7. The maximum absolute atomic E-state index is 13.9. The Morgan fingerprint density at radius 3 is 2.42 bits per heavy atom. The molecule has 0 bridgehead atoms. The molecule has 2 aromatic carbocycles. The number of fused-ring (bicyclic) bond motifs is 1. The van der Waals surface area contributed by atoms with Gasteiger partial charge < -0.3 is 29.4 Å². The molecule has 8 nitrogen and oxygen atoms in total. The Morgan fingerprint density at radius 2 is 1.71 bits per heavy atom. The van der Waals surface area contributed by atoms with Gasteiger partial charge in [-0.3, -0.25) is 10.1 Å². The van der Waals surface area contributed by atoms with Gasteiger partial charge in [0.1, 0.15) is 23.4 Å². The highest BCUT2D eigenvalue weighted by Crippen LogP contribution is 2.44. The molecule has 38 heavy (non-hydrogen) atoms. The maximum Gasteiger partial charge on any atom is 0.260 e. The Kier molecular flexibility index (Phi) is 9.30. The van der Waals surface area contributed by atoms with E-state index in [0.717, 1.165) is 11.1 Å². The highest BCUT2D eigenvalue weighted by Gasteiger charge is 2.38. The van der Waals surface area contributed by atoms with Crippen LogP contribution >= 0.6 is 0 Å². The summed E-state index contributed by atoms with van der Waals surface area (Å²) in [5.41, 5.74) is 3.14. The number of hydrogen-bond donors (Lipinski definition) is 3. The second-order valence-corrected chi connectivity index (χ2v) is 9.45. The molecule has 0 saturated heterocycles. The number of allylic oxidation sites excluding steroid dienone is 1. The van der Waals surface area contributed by atoms with Crippen molar-refractivity contribution in [2.24, 2.45) is 0 Å². The average molecular weight is 527 g/mol. The normalized spacial score (nSPS) is 18.7. The van der Waals surface area contributed by atoms with Crippen LogP contribution in [0.1, 0.15) is 43.7 Å². The molecule has 0 aliphatic carbocycles. The van der Waals surface area contributed by atoms with Gasteiger partial charge >= 0.3 is 0 Å². The molecule has 1 unspecified atom stereocenters. The van der Waals surface area contributed by atoms with Crippen molar-refractivity contribution in [1.29, 1.82) is 0 Å². The summed E-state index contributed by atoms with van der Waals surface area (Å²) in [7, 11) is 0. The minimum atomic E-state index is -0.844. The van der Waals surface area contributed by atoms with Gasteiger partial charge in [0.05, 0.1) is 38.6 Å². The number of nitrogens with one attached hydrogen (secondary N) is 2. The number of aliphatic hydroxyl groups is 1. The van der Waals surface area contributed by atoms with E-state index in [1.165, 1.54) is 12.1 Å². The maximum atomic E-state index is 13.9. The van der Waals surface area contributed by atoms with Gasteiger partial charge in [-0.05, 0) is 56.2 Å². The van der Waals surface area contributed by atoms with Crippen LogP contribution in [0, 0.1) is 5.82 Å². The zero-order valence-electron chi connectivity index (χ0n) is 22.0. The van der Waals surface area contributed by atoms with Crippen molar-refractivity contribution >= 4 is 22.7 Å². The topological polar surface area (TPSA) is 98.3 Å². The molecule has 3 N–H and O–H groups in total. The molecule has 0 aromatic heterocycles. The third kappa shape index (κ3) is 6.67. The summed E-state index contributed by atoms with van der Waals surface area (Å²) in [6, 6.07) is 11.7. The number of aliphatic hydroxyl groups excluding tert-OH is 1. The van der Waals surface area contributed by atoms with Crippen molar-refractivity contribution in [3.8, 4) is 0 Å². The average Bonchev–Trinajstić information content (AvgIpc) is 3.39. The number of amides is 1. The van der Waals surface area contributed by atoms with Crippen molar-refractivity contribution < 1.29 is 33.2 Å². The fourth-order valence-corrected chi connectivity index (χ4v) is 4.42. The predicted octanol–water partition coefficient (Wildman–Crippen LogP) is 4.03. The minimum absolute atomic E-state index is 0.318. The molecule has 1 amide bonds. The van der Waals surface area contributed by atoms with Crippen molar-refractivity contribution in [1.82, 2.24) is 5.32 Å². The third-order valence-electron chi connectivity index (χ3n) is 6.33. The first-order valence-corrected chi connectivity index (χ1v) is 12.8. The molecule has 1 atom stereocenters. The molecule has 9 heteroatoms.